The van der Waals surface area contributed by atoms with Gasteiger partial charge >= 0.3 is 0 Å². The van der Waals surface area contributed by atoms with Gasteiger partial charge in [-0.1, -0.05) is 36.4 Å². The first-order valence-electron chi connectivity index (χ1n) is 5.87. The average molecular weight is 316 g/mol. The predicted octanol–water partition coefficient (Wildman–Crippen LogP) is 3.18. The molecule has 1 amide bonds. The lowest BCUT2D eigenvalue weighted by Gasteiger charge is -2.17. The summed E-state index contributed by atoms with van der Waals surface area (Å²) in [5.41, 5.74) is 2.13. The molecule has 0 fully saturated rings. The third kappa shape index (κ3) is 1.98. The number of rotatable bonds is 2. The third-order valence-corrected chi connectivity index (χ3v) is 3.76. The predicted molar refractivity (Wildman–Crippen MR) is 76.1 cm³/mol. The van der Waals surface area contributed by atoms with E-state index < -0.39 is 11.7 Å². The molecule has 94 valence electrons. The highest BCUT2D eigenvalue weighted by atomic mass is 79.9. The number of benzene rings is 2. The smallest absolute Gasteiger partial charge is 0.299 e. The van der Waals surface area contributed by atoms with Crippen molar-refractivity contribution in [3.05, 3.63) is 64.1 Å². The summed E-state index contributed by atoms with van der Waals surface area (Å²) < 4.78 is 0.764. The summed E-state index contributed by atoms with van der Waals surface area (Å²) in [7, 11) is 0. The van der Waals surface area contributed by atoms with E-state index in [4.69, 9.17) is 0 Å². The molecule has 0 unspecified atom stereocenters. The number of Topliss-reactive ketones (excluding diaryl/α,β-unsaturated/α-hetero) is 1. The van der Waals surface area contributed by atoms with Gasteiger partial charge in [-0.25, -0.2) is 0 Å². The molecule has 0 saturated carbocycles. The molecule has 3 rings (SSSR count). The van der Waals surface area contributed by atoms with Crippen LogP contribution >= 0.6 is 15.9 Å². The van der Waals surface area contributed by atoms with Crippen LogP contribution in [0.4, 0.5) is 5.69 Å². The highest BCUT2D eigenvalue weighted by molar-refractivity contribution is 9.10. The summed E-state index contributed by atoms with van der Waals surface area (Å²) in [4.78, 5) is 25.5. The number of nitrogens with zero attached hydrogens (tertiary/aromatic N) is 1. The lowest BCUT2D eigenvalue weighted by atomic mass is 10.1. The monoisotopic (exact) mass is 315 g/mol. The minimum absolute atomic E-state index is 0.404. The van der Waals surface area contributed by atoms with E-state index in [1.807, 2.05) is 36.4 Å². The van der Waals surface area contributed by atoms with E-state index in [1.54, 1.807) is 12.1 Å². The number of hydrogen-bond donors (Lipinski definition) is 0. The van der Waals surface area contributed by atoms with Gasteiger partial charge in [-0.2, -0.15) is 0 Å². The van der Waals surface area contributed by atoms with Crippen LogP contribution in [-0.4, -0.2) is 11.7 Å². The van der Waals surface area contributed by atoms with Gasteiger partial charge < -0.3 is 0 Å². The van der Waals surface area contributed by atoms with Gasteiger partial charge in [-0.15, -0.1) is 0 Å². The van der Waals surface area contributed by atoms with Crippen molar-refractivity contribution in [3.8, 4) is 0 Å². The summed E-state index contributed by atoms with van der Waals surface area (Å²) in [6.07, 6.45) is 0. The van der Waals surface area contributed by atoms with Crippen molar-refractivity contribution in [1.82, 2.24) is 0 Å². The number of fused-ring (bicyclic) bond motifs is 1. The van der Waals surface area contributed by atoms with Gasteiger partial charge in [0.25, 0.3) is 11.7 Å². The number of para-hydroxylation sites is 1. The van der Waals surface area contributed by atoms with Crippen LogP contribution in [-0.2, 0) is 11.3 Å². The van der Waals surface area contributed by atoms with Crippen molar-refractivity contribution >= 4 is 33.3 Å². The molecule has 2 aromatic rings. The van der Waals surface area contributed by atoms with Crippen LogP contribution in [0.3, 0.4) is 0 Å². The molecule has 0 aromatic heterocycles. The van der Waals surface area contributed by atoms with Crippen LogP contribution in [0.15, 0.2) is 53.0 Å². The lowest BCUT2D eigenvalue weighted by Crippen LogP contribution is -2.29. The Labute approximate surface area is 119 Å². The summed E-state index contributed by atoms with van der Waals surface area (Å²) in [6, 6.07) is 14.9. The summed E-state index contributed by atoms with van der Waals surface area (Å²) >= 11 is 3.41. The number of ketones is 1. The Morgan fingerprint density at radius 1 is 0.947 bits per heavy atom. The van der Waals surface area contributed by atoms with Gasteiger partial charge in [0, 0.05) is 4.47 Å². The quantitative estimate of drug-likeness (QED) is 0.798. The first-order valence-corrected chi connectivity index (χ1v) is 6.66. The molecule has 0 saturated heterocycles. The van der Waals surface area contributed by atoms with Gasteiger partial charge in [0.15, 0.2) is 0 Å². The third-order valence-electron chi connectivity index (χ3n) is 3.12. The molecule has 2 aromatic carbocycles. The summed E-state index contributed by atoms with van der Waals surface area (Å²) in [5, 5.41) is 0. The summed E-state index contributed by atoms with van der Waals surface area (Å²) in [5.74, 6) is -0.905. The minimum Gasteiger partial charge on any atom is -0.299 e. The maximum Gasteiger partial charge on any atom is 0.299 e. The van der Waals surface area contributed by atoms with Crippen LogP contribution in [0.5, 0.6) is 0 Å². The van der Waals surface area contributed by atoms with Crippen molar-refractivity contribution in [2.45, 2.75) is 6.54 Å². The number of halogens is 1. The number of anilines is 1. The molecule has 0 bridgehead atoms. The second kappa shape index (κ2) is 4.63. The Hall–Kier alpha value is -1.94. The highest BCUT2D eigenvalue weighted by Gasteiger charge is 2.36. The molecule has 0 spiro atoms. The molecule has 1 heterocycles. The van der Waals surface area contributed by atoms with E-state index >= 15 is 0 Å². The fourth-order valence-corrected chi connectivity index (χ4v) is 2.81. The molecule has 0 aliphatic carbocycles. The second-order valence-corrected chi connectivity index (χ2v) is 5.20. The van der Waals surface area contributed by atoms with Crippen LogP contribution in [0, 0.1) is 0 Å². The van der Waals surface area contributed by atoms with E-state index in [9.17, 15) is 9.59 Å². The van der Waals surface area contributed by atoms with Gasteiger partial charge in [-0.3, -0.25) is 14.5 Å². The van der Waals surface area contributed by atoms with Crippen molar-refractivity contribution in [3.63, 3.8) is 0 Å². The minimum atomic E-state index is -0.467. The normalized spacial score (nSPS) is 13.8. The molecule has 1 aliphatic heterocycles. The Kier molecular flexibility index (Phi) is 2.95. The number of amides is 1. The Bertz CT molecular complexity index is 667. The van der Waals surface area contributed by atoms with Crippen molar-refractivity contribution in [1.29, 1.82) is 0 Å². The molecule has 4 heteroatoms. The second-order valence-electron chi connectivity index (χ2n) is 4.34. The van der Waals surface area contributed by atoms with E-state index in [0.717, 1.165) is 10.0 Å². The van der Waals surface area contributed by atoms with Crippen molar-refractivity contribution in [2.24, 2.45) is 0 Å². The topological polar surface area (TPSA) is 37.4 Å². The zero-order valence-electron chi connectivity index (χ0n) is 9.97. The molecular weight excluding hydrogens is 306 g/mol. The van der Waals surface area contributed by atoms with Gasteiger partial charge in [0.2, 0.25) is 0 Å². The van der Waals surface area contributed by atoms with E-state index in [2.05, 4.69) is 15.9 Å². The van der Waals surface area contributed by atoms with E-state index in [-0.39, 0.29) is 0 Å². The Morgan fingerprint density at radius 2 is 1.68 bits per heavy atom. The number of carbonyl (C=O) groups excluding carboxylic acids is 2. The molecule has 0 N–H and O–H groups in total. The van der Waals surface area contributed by atoms with Crippen molar-refractivity contribution in [2.75, 3.05) is 4.90 Å². The van der Waals surface area contributed by atoms with E-state index in [1.165, 1.54) is 4.90 Å². The fourth-order valence-electron chi connectivity index (χ4n) is 2.23. The molecule has 0 radical (unpaired) electrons. The highest BCUT2D eigenvalue weighted by Crippen LogP contribution is 2.36. The zero-order chi connectivity index (χ0) is 13.4. The Morgan fingerprint density at radius 3 is 2.42 bits per heavy atom. The molecule has 1 aliphatic rings. The van der Waals surface area contributed by atoms with E-state index in [0.29, 0.717) is 17.8 Å². The molecule has 19 heavy (non-hydrogen) atoms. The fraction of sp³-hybridized carbons (Fsp3) is 0.0667. The van der Waals surface area contributed by atoms with Crippen LogP contribution in [0.2, 0.25) is 0 Å². The first-order chi connectivity index (χ1) is 9.18. The molecular formula is C15H10BrNO2. The number of carbonyl (C=O) groups is 2. The van der Waals surface area contributed by atoms with Gasteiger partial charge in [-0.05, 0) is 33.6 Å². The standard InChI is InChI=1S/C15H10BrNO2/c16-12-8-4-7-11-13(12)17(15(19)14(11)18)9-10-5-2-1-3-6-10/h1-8H,9H2. The number of hydrogen-bond acceptors (Lipinski definition) is 2. The lowest BCUT2D eigenvalue weighted by molar-refractivity contribution is -0.114. The van der Waals surface area contributed by atoms with Crippen molar-refractivity contribution < 1.29 is 9.59 Å². The summed E-state index contributed by atoms with van der Waals surface area (Å²) in [6.45, 7) is 0.404. The average Bonchev–Trinajstić information content (AvgIpc) is 2.67. The van der Waals surface area contributed by atoms with Crippen LogP contribution in [0.1, 0.15) is 15.9 Å². The van der Waals surface area contributed by atoms with Gasteiger partial charge in [0.05, 0.1) is 17.8 Å². The van der Waals surface area contributed by atoms with Crippen LogP contribution in [0.25, 0.3) is 0 Å². The van der Waals surface area contributed by atoms with Crippen LogP contribution < -0.4 is 4.90 Å². The van der Waals surface area contributed by atoms with Gasteiger partial charge in [0.1, 0.15) is 0 Å². The first kappa shape index (κ1) is 12.1. The molecule has 0 atom stereocenters. The maximum atomic E-state index is 12.1. The maximum absolute atomic E-state index is 12.1. The largest absolute Gasteiger partial charge is 0.299 e. The Balaban J connectivity index is 2.04. The molecule has 3 nitrogen and oxygen atoms in total. The SMILES string of the molecule is O=C1C(=O)N(Cc2ccccc2)c2c(Br)cccc21. The zero-order valence-corrected chi connectivity index (χ0v) is 11.6.